The van der Waals surface area contributed by atoms with E-state index in [4.69, 9.17) is 5.73 Å². The number of hydrogen-bond acceptors (Lipinski definition) is 5. The summed E-state index contributed by atoms with van der Waals surface area (Å²) in [5, 5.41) is 2.88. The van der Waals surface area contributed by atoms with Crippen molar-refractivity contribution in [3.8, 4) is 0 Å². The van der Waals surface area contributed by atoms with Crippen molar-refractivity contribution in [1.29, 1.82) is 0 Å². The van der Waals surface area contributed by atoms with Crippen LogP contribution in [0.5, 0.6) is 0 Å². The first-order valence-electron chi connectivity index (χ1n) is 8.50. The SMILES string of the molecule is CN(C)S(=O)(=O)c1ccc(CNC(=O)C2CCCN(CC(N)=O)C2)cc1. The number of carbonyl (C=O) groups is 2. The molecule has 1 atom stereocenters. The molecule has 1 heterocycles. The fourth-order valence-electron chi connectivity index (χ4n) is 2.96. The number of primary amides is 1. The molecule has 1 unspecified atom stereocenters. The zero-order valence-corrected chi connectivity index (χ0v) is 16.0. The lowest BCUT2D eigenvalue weighted by molar-refractivity contribution is -0.128. The number of benzene rings is 1. The molecule has 1 saturated heterocycles. The second kappa shape index (κ2) is 8.61. The maximum atomic E-state index is 12.4. The van der Waals surface area contributed by atoms with Crippen LogP contribution in [0.1, 0.15) is 18.4 Å². The van der Waals surface area contributed by atoms with Crippen molar-refractivity contribution in [1.82, 2.24) is 14.5 Å². The first-order valence-corrected chi connectivity index (χ1v) is 9.94. The van der Waals surface area contributed by atoms with E-state index in [-0.39, 0.29) is 29.2 Å². The summed E-state index contributed by atoms with van der Waals surface area (Å²) >= 11 is 0. The number of nitrogens with zero attached hydrogens (tertiary/aromatic N) is 2. The minimum absolute atomic E-state index is 0.0656. The van der Waals surface area contributed by atoms with E-state index in [2.05, 4.69) is 5.32 Å². The number of nitrogens with two attached hydrogens (primary N) is 1. The Morgan fingerprint density at radius 3 is 2.50 bits per heavy atom. The first-order chi connectivity index (χ1) is 12.2. The van der Waals surface area contributed by atoms with E-state index in [0.717, 1.165) is 29.3 Å². The molecule has 1 aromatic carbocycles. The van der Waals surface area contributed by atoms with Crippen LogP contribution in [0.25, 0.3) is 0 Å². The van der Waals surface area contributed by atoms with Crippen molar-refractivity contribution in [2.24, 2.45) is 11.7 Å². The average molecular weight is 382 g/mol. The van der Waals surface area contributed by atoms with Crippen molar-refractivity contribution in [2.75, 3.05) is 33.7 Å². The van der Waals surface area contributed by atoms with E-state index in [1.165, 1.54) is 26.2 Å². The van der Waals surface area contributed by atoms with Crippen LogP contribution in [-0.2, 0) is 26.2 Å². The summed E-state index contributed by atoms with van der Waals surface area (Å²) in [6.07, 6.45) is 1.63. The van der Waals surface area contributed by atoms with Gasteiger partial charge in [-0.2, -0.15) is 0 Å². The third-order valence-corrected chi connectivity index (χ3v) is 6.25. The summed E-state index contributed by atoms with van der Waals surface area (Å²) in [4.78, 5) is 25.5. The van der Waals surface area contributed by atoms with E-state index in [9.17, 15) is 18.0 Å². The van der Waals surface area contributed by atoms with Crippen LogP contribution >= 0.6 is 0 Å². The Labute approximate surface area is 154 Å². The second-order valence-electron chi connectivity index (χ2n) is 6.69. The Balaban J connectivity index is 1.90. The molecular weight excluding hydrogens is 356 g/mol. The number of hydrogen-bond donors (Lipinski definition) is 2. The highest BCUT2D eigenvalue weighted by Gasteiger charge is 2.26. The lowest BCUT2D eigenvalue weighted by Crippen LogP contribution is -2.45. The van der Waals surface area contributed by atoms with Crippen molar-refractivity contribution < 1.29 is 18.0 Å². The number of amides is 2. The van der Waals surface area contributed by atoms with E-state index in [1.807, 2.05) is 4.90 Å². The van der Waals surface area contributed by atoms with E-state index in [1.54, 1.807) is 12.1 Å². The summed E-state index contributed by atoms with van der Waals surface area (Å²) in [6, 6.07) is 6.45. The average Bonchev–Trinajstić information content (AvgIpc) is 2.59. The van der Waals surface area contributed by atoms with Gasteiger partial charge < -0.3 is 11.1 Å². The third-order valence-electron chi connectivity index (χ3n) is 4.42. The van der Waals surface area contributed by atoms with Gasteiger partial charge in [-0.25, -0.2) is 12.7 Å². The number of piperidine rings is 1. The van der Waals surface area contributed by atoms with Gasteiger partial charge in [0.05, 0.1) is 17.4 Å². The molecule has 1 fully saturated rings. The Morgan fingerprint density at radius 2 is 1.92 bits per heavy atom. The molecule has 0 bridgehead atoms. The summed E-state index contributed by atoms with van der Waals surface area (Å²) < 4.78 is 25.2. The Morgan fingerprint density at radius 1 is 1.27 bits per heavy atom. The Kier molecular flexibility index (Phi) is 6.74. The Bertz CT molecular complexity index is 747. The van der Waals surface area contributed by atoms with Crippen molar-refractivity contribution >= 4 is 21.8 Å². The summed E-state index contributed by atoms with van der Waals surface area (Å²) in [7, 11) is -0.493. The molecule has 2 rings (SSSR count). The fraction of sp³-hybridized carbons (Fsp3) is 0.529. The number of sulfonamides is 1. The molecular formula is C17H26N4O4S. The van der Waals surface area contributed by atoms with Gasteiger partial charge in [0.2, 0.25) is 21.8 Å². The quantitative estimate of drug-likeness (QED) is 0.675. The molecule has 1 aliphatic heterocycles. The predicted octanol–water partition coefficient (Wildman–Crippen LogP) is -0.250. The molecule has 2 amide bonds. The smallest absolute Gasteiger partial charge is 0.242 e. The highest BCUT2D eigenvalue weighted by molar-refractivity contribution is 7.89. The van der Waals surface area contributed by atoms with Gasteiger partial charge in [-0.05, 0) is 37.1 Å². The molecule has 0 aromatic heterocycles. The summed E-state index contributed by atoms with van der Waals surface area (Å²) in [5.74, 6) is -0.625. The lowest BCUT2D eigenvalue weighted by atomic mass is 9.97. The standard InChI is InChI=1S/C17H26N4O4S/c1-20(2)26(24,25)15-7-5-13(6-8-15)10-19-17(23)14-4-3-9-21(11-14)12-16(18)22/h5-8,14H,3-4,9-12H2,1-2H3,(H2,18,22)(H,19,23). The van der Waals surface area contributed by atoms with Crippen LogP contribution in [0.15, 0.2) is 29.2 Å². The predicted molar refractivity (Wildman–Crippen MR) is 97.5 cm³/mol. The van der Waals surface area contributed by atoms with Crippen LogP contribution in [0, 0.1) is 5.92 Å². The molecule has 9 heteroatoms. The van der Waals surface area contributed by atoms with Crippen molar-refractivity contribution in [3.63, 3.8) is 0 Å². The summed E-state index contributed by atoms with van der Waals surface area (Å²) in [5.41, 5.74) is 6.03. The molecule has 144 valence electrons. The van der Waals surface area contributed by atoms with Gasteiger partial charge in [-0.3, -0.25) is 14.5 Å². The van der Waals surface area contributed by atoms with E-state index in [0.29, 0.717) is 13.1 Å². The minimum Gasteiger partial charge on any atom is -0.369 e. The lowest BCUT2D eigenvalue weighted by Gasteiger charge is -2.31. The molecule has 3 N–H and O–H groups in total. The molecule has 0 spiro atoms. The number of rotatable bonds is 7. The summed E-state index contributed by atoms with van der Waals surface area (Å²) in [6.45, 7) is 1.79. The van der Waals surface area contributed by atoms with Gasteiger partial charge in [0.1, 0.15) is 0 Å². The minimum atomic E-state index is -3.46. The third kappa shape index (κ3) is 5.26. The van der Waals surface area contributed by atoms with Gasteiger partial charge in [0.25, 0.3) is 0 Å². The van der Waals surface area contributed by atoms with E-state index < -0.39 is 10.0 Å². The van der Waals surface area contributed by atoms with Crippen LogP contribution in [0.2, 0.25) is 0 Å². The van der Waals surface area contributed by atoms with E-state index >= 15 is 0 Å². The molecule has 8 nitrogen and oxygen atoms in total. The highest BCUT2D eigenvalue weighted by Crippen LogP contribution is 2.17. The molecule has 0 radical (unpaired) electrons. The zero-order valence-electron chi connectivity index (χ0n) is 15.1. The Hall–Kier alpha value is -1.97. The highest BCUT2D eigenvalue weighted by atomic mass is 32.2. The van der Waals surface area contributed by atoms with Gasteiger partial charge in [-0.15, -0.1) is 0 Å². The zero-order chi connectivity index (χ0) is 19.3. The molecule has 26 heavy (non-hydrogen) atoms. The van der Waals surface area contributed by atoms with Crippen LogP contribution < -0.4 is 11.1 Å². The fourth-order valence-corrected chi connectivity index (χ4v) is 3.86. The van der Waals surface area contributed by atoms with Crippen LogP contribution in [-0.4, -0.2) is 63.2 Å². The maximum absolute atomic E-state index is 12.4. The monoisotopic (exact) mass is 382 g/mol. The van der Waals surface area contributed by atoms with Crippen LogP contribution in [0.3, 0.4) is 0 Å². The number of nitrogens with one attached hydrogen (secondary N) is 1. The van der Waals surface area contributed by atoms with Gasteiger partial charge in [0.15, 0.2) is 0 Å². The maximum Gasteiger partial charge on any atom is 0.242 e. The van der Waals surface area contributed by atoms with Gasteiger partial charge >= 0.3 is 0 Å². The van der Waals surface area contributed by atoms with Crippen LogP contribution in [0.4, 0.5) is 0 Å². The largest absolute Gasteiger partial charge is 0.369 e. The molecule has 1 aliphatic rings. The van der Waals surface area contributed by atoms with Crippen molar-refractivity contribution in [2.45, 2.75) is 24.3 Å². The normalized spacial score (nSPS) is 18.7. The van der Waals surface area contributed by atoms with Crippen molar-refractivity contribution in [3.05, 3.63) is 29.8 Å². The molecule has 1 aromatic rings. The molecule has 0 saturated carbocycles. The number of likely N-dealkylation sites (tertiary alicyclic amines) is 1. The van der Waals surface area contributed by atoms with Gasteiger partial charge in [-0.1, -0.05) is 12.1 Å². The number of carbonyl (C=O) groups excluding carboxylic acids is 2. The molecule has 0 aliphatic carbocycles. The topological polar surface area (TPSA) is 113 Å². The van der Waals surface area contributed by atoms with Gasteiger partial charge in [0, 0.05) is 27.2 Å². The first kappa shape index (κ1) is 20.3. The second-order valence-corrected chi connectivity index (χ2v) is 8.84.